The highest BCUT2D eigenvalue weighted by Gasteiger charge is 2.28. The molecule has 4 nitrogen and oxygen atoms in total. The number of likely N-dealkylation sites (tertiary alicyclic amines) is 1. The van der Waals surface area contributed by atoms with Crippen molar-refractivity contribution in [3.05, 3.63) is 30.3 Å². The van der Waals surface area contributed by atoms with Gasteiger partial charge in [-0.15, -0.1) is 0 Å². The smallest absolute Gasteiger partial charge is 0.222 e. The molecule has 1 fully saturated rings. The number of amides is 1. The lowest BCUT2D eigenvalue weighted by atomic mass is 10.2. The van der Waals surface area contributed by atoms with Gasteiger partial charge in [-0.25, -0.2) is 0 Å². The minimum Gasteiger partial charge on any atom is -0.494 e. The Labute approximate surface area is 134 Å². The van der Waals surface area contributed by atoms with E-state index < -0.39 is 0 Å². The third-order valence-electron chi connectivity index (χ3n) is 4.39. The van der Waals surface area contributed by atoms with Crippen molar-refractivity contribution in [1.29, 1.82) is 0 Å². The molecule has 1 aromatic rings. The van der Waals surface area contributed by atoms with E-state index in [4.69, 9.17) is 4.74 Å². The summed E-state index contributed by atoms with van der Waals surface area (Å²) in [5.41, 5.74) is 0. The molecule has 122 valence electrons. The average Bonchev–Trinajstić information content (AvgIpc) is 3.03. The summed E-state index contributed by atoms with van der Waals surface area (Å²) in [6, 6.07) is 10.3. The first-order chi connectivity index (χ1) is 10.7. The number of likely N-dealkylation sites (N-methyl/N-ethyl adjacent to an activating group) is 1. The number of hydrogen-bond donors (Lipinski definition) is 0. The monoisotopic (exact) mass is 304 g/mol. The Bertz CT molecular complexity index is 446. The van der Waals surface area contributed by atoms with Crippen LogP contribution in [0.15, 0.2) is 30.3 Å². The Balaban J connectivity index is 1.66. The SMILES string of the molecule is CCN(CC)C1CCN(C(=O)CCCOc2ccccc2)C1. The summed E-state index contributed by atoms with van der Waals surface area (Å²) in [5.74, 6) is 1.14. The molecule has 1 unspecified atom stereocenters. The van der Waals surface area contributed by atoms with E-state index in [2.05, 4.69) is 18.7 Å². The van der Waals surface area contributed by atoms with Gasteiger partial charge in [0.05, 0.1) is 6.61 Å². The maximum atomic E-state index is 12.3. The van der Waals surface area contributed by atoms with E-state index in [0.717, 1.165) is 44.8 Å². The van der Waals surface area contributed by atoms with E-state index in [0.29, 0.717) is 19.1 Å². The zero-order valence-corrected chi connectivity index (χ0v) is 13.8. The number of carbonyl (C=O) groups excluding carboxylic acids is 1. The van der Waals surface area contributed by atoms with Gasteiger partial charge < -0.3 is 9.64 Å². The topological polar surface area (TPSA) is 32.8 Å². The van der Waals surface area contributed by atoms with Gasteiger partial charge in [-0.1, -0.05) is 32.0 Å². The molecule has 2 rings (SSSR count). The van der Waals surface area contributed by atoms with Gasteiger partial charge in [0.15, 0.2) is 0 Å². The van der Waals surface area contributed by atoms with Crippen molar-refractivity contribution in [2.45, 2.75) is 39.2 Å². The van der Waals surface area contributed by atoms with Crippen molar-refractivity contribution < 1.29 is 9.53 Å². The van der Waals surface area contributed by atoms with Gasteiger partial charge in [0.1, 0.15) is 5.75 Å². The highest BCUT2D eigenvalue weighted by atomic mass is 16.5. The quantitative estimate of drug-likeness (QED) is 0.692. The van der Waals surface area contributed by atoms with E-state index >= 15 is 0 Å². The van der Waals surface area contributed by atoms with Gasteiger partial charge in [0.2, 0.25) is 5.91 Å². The van der Waals surface area contributed by atoms with E-state index in [-0.39, 0.29) is 5.91 Å². The summed E-state index contributed by atoms with van der Waals surface area (Å²) in [6.07, 6.45) is 2.46. The van der Waals surface area contributed by atoms with Gasteiger partial charge in [0.25, 0.3) is 0 Å². The van der Waals surface area contributed by atoms with Gasteiger partial charge >= 0.3 is 0 Å². The van der Waals surface area contributed by atoms with Crippen molar-refractivity contribution in [3.8, 4) is 5.75 Å². The van der Waals surface area contributed by atoms with Crippen LogP contribution in [-0.2, 0) is 4.79 Å². The van der Waals surface area contributed by atoms with Crippen LogP contribution < -0.4 is 4.74 Å². The van der Waals surface area contributed by atoms with E-state index in [1.807, 2.05) is 35.2 Å². The lowest BCUT2D eigenvalue weighted by molar-refractivity contribution is -0.130. The first-order valence-electron chi connectivity index (χ1n) is 8.44. The van der Waals surface area contributed by atoms with Crippen molar-refractivity contribution in [2.24, 2.45) is 0 Å². The fourth-order valence-electron chi connectivity index (χ4n) is 3.09. The molecular weight excluding hydrogens is 276 g/mol. The Kier molecular flexibility index (Phi) is 6.72. The Morgan fingerprint density at radius 3 is 2.68 bits per heavy atom. The van der Waals surface area contributed by atoms with Crippen LogP contribution in [0.2, 0.25) is 0 Å². The molecule has 1 saturated heterocycles. The molecule has 1 aliphatic rings. The maximum Gasteiger partial charge on any atom is 0.222 e. The predicted molar refractivity (Wildman–Crippen MR) is 89.1 cm³/mol. The number of carbonyl (C=O) groups is 1. The second-order valence-corrected chi connectivity index (χ2v) is 5.77. The normalized spacial score (nSPS) is 18.0. The first-order valence-corrected chi connectivity index (χ1v) is 8.44. The van der Waals surface area contributed by atoms with Gasteiger partial charge in [-0.3, -0.25) is 9.69 Å². The third kappa shape index (κ3) is 4.73. The van der Waals surface area contributed by atoms with Crippen LogP contribution in [0, 0.1) is 0 Å². The van der Waals surface area contributed by atoms with E-state index in [9.17, 15) is 4.79 Å². The van der Waals surface area contributed by atoms with E-state index in [1.54, 1.807) is 0 Å². The summed E-state index contributed by atoms with van der Waals surface area (Å²) in [4.78, 5) is 16.7. The van der Waals surface area contributed by atoms with Crippen LogP contribution >= 0.6 is 0 Å². The van der Waals surface area contributed by atoms with Crippen LogP contribution in [0.4, 0.5) is 0 Å². The Hall–Kier alpha value is -1.55. The highest BCUT2D eigenvalue weighted by molar-refractivity contribution is 5.76. The molecule has 0 spiro atoms. The number of para-hydroxylation sites is 1. The lowest BCUT2D eigenvalue weighted by Crippen LogP contribution is -2.38. The van der Waals surface area contributed by atoms with Crippen molar-refractivity contribution >= 4 is 5.91 Å². The van der Waals surface area contributed by atoms with Crippen LogP contribution in [-0.4, -0.2) is 54.5 Å². The lowest BCUT2D eigenvalue weighted by Gasteiger charge is -2.26. The first kappa shape index (κ1) is 16.8. The molecule has 0 saturated carbocycles. The molecule has 0 aromatic heterocycles. The number of benzene rings is 1. The summed E-state index contributed by atoms with van der Waals surface area (Å²) in [5, 5.41) is 0. The third-order valence-corrected chi connectivity index (χ3v) is 4.39. The maximum absolute atomic E-state index is 12.3. The summed E-state index contributed by atoms with van der Waals surface area (Å²) < 4.78 is 5.63. The second-order valence-electron chi connectivity index (χ2n) is 5.77. The molecular formula is C18H28N2O2. The highest BCUT2D eigenvalue weighted by Crippen LogP contribution is 2.17. The Morgan fingerprint density at radius 2 is 2.00 bits per heavy atom. The van der Waals surface area contributed by atoms with Crippen LogP contribution in [0.1, 0.15) is 33.1 Å². The zero-order chi connectivity index (χ0) is 15.8. The van der Waals surface area contributed by atoms with Crippen LogP contribution in [0.5, 0.6) is 5.75 Å². The molecule has 1 amide bonds. The summed E-state index contributed by atoms with van der Waals surface area (Å²) >= 11 is 0. The van der Waals surface area contributed by atoms with Crippen LogP contribution in [0.3, 0.4) is 0 Å². The molecule has 0 N–H and O–H groups in total. The Morgan fingerprint density at radius 1 is 1.27 bits per heavy atom. The largest absolute Gasteiger partial charge is 0.494 e. The molecule has 0 aliphatic carbocycles. The fourth-order valence-corrected chi connectivity index (χ4v) is 3.09. The number of nitrogens with zero attached hydrogens (tertiary/aromatic N) is 2. The van der Waals surface area contributed by atoms with Gasteiger partial charge in [-0.05, 0) is 38.1 Å². The molecule has 0 bridgehead atoms. The molecule has 1 heterocycles. The predicted octanol–water partition coefficient (Wildman–Crippen LogP) is 2.79. The second kappa shape index (κ2) is 8.79. The zero-order valence-electron chi connectivity index (χ0n) is 13.8. The number of ether oxygens (including phenoxy) is 1. The molecule has 22 heavy (non-hydrogen) atoms. The fraction of sp³-hybridized carbons (Fsp3) is 0.611. The van der Waals surface area contributed by atoms with Crippen molar-refractivity contribution in [2.75, 3.05) is 32.8 Å². The minimum absolute atomic E-state index is 0.270. The standard InChI is InChI=1S/C18H28N2O2/c1-3-19(4-2)16-12-13-20(15-16)18(21)11-8-14-22-17-9-6-5-7-10-17/h5-7,9-10,16H,3-4,8,11-15H2,1-2H3. The molecule has 1 atom stereocenters. The number of hydrogen-bond acceptors (Lipinski definition) is 3. The average molecular weight is 304 g/mol. The molecule has 0 radical (unpaired) electrons. The number of rotatable bonds is 8. The molecule has 4 heteroatoms. The molecule has 1 aromatic carbocycles. The van der Waals surface area contributed by atoms with Crippen molar-refractivity contribution in [3.63, 3.8) is 0 Å². The van der Waals surface area contributed by atoms with Crippen LogP contribution in [0.25, 0.3) is 0 Å². The minimum atomic E-state index is 0.270. The summed E-state index contributed by atoms with van der Waals surface area (Å²) in [7, 11) is 0. The van der Waals surface area contributed by atoms with Crippen molar-refractivity contribution in [1.82, 2.24) is 9.80 Å². The molecule has 1 aliphatic heterocycles. The van der Waals surface area contributed by atoms with E-state index in [1.165, 1.54) is 0 Å². The van der Waals surface area contributed by atoms with Gasteiger partial charge in [0, 0.05) is 25.6 Å². The summed E-state index contributed by atoms with van der Waals surface area (Å²) in [6.45, 7) is 8.90. The van der Waals surface area contributed by atoms with Gasteiger partial charge in [-0.2, -0.15) is 0 Å².